The second-order valence-electron chi connectivity index (χ2n) is 6.66. The van der Waals surface area contributed by atoms with Crippen LogP contribution in [0.5, 0.6) is 0 Å². The third-order valence-electron chi connectivity index (χ3n) is 3.60. The van der Waals surface area contributed by atoms with Gasteiger partial charge in [0.15, 0.2) is 0 Å². The fraction of sp³-hybridized carbons (Fsp3) is 0.933. The minimum absolute atomic E-state index is 0.173. The maximum atomic E-state index is 11.9. The first kappa shape index (κ1) is 16.3. The maximum absolute atomic E-state index is 11.9. The van der Waals surface area contributed by atoms with Gasteiger partial charge >= 0.3 is 6.09 Å². The Hall–Kier alpha value is -0.770. The van der Waals surface area contributed by atoms with Gasteiger partial charge in [0.05, 0.1) is 0 Å². The van der Waals surface area contributed by atoms with Crippen molar-refractivity contribution < 1.29 is 9.53 Å². The highest BCUT2D eigenvalue weighted by atomic mass is 16.6. The molecule has 1 N–H and O–H groups in total. The number of carbonyl (C=O) groups is 1. The zero-order valence-electron chi connectivity index (χ0n) is 13.2. The number of hydrogen-bond acceptors (Lipinski definition) is 3. The molecule has 1 atom stereocenters. The van der Waals surface area contributed by atoms with Crippen molar-refractivity contribution in [3.05, 3.63) is 0 Å². The van der Waals surface area contributed by atoms with Crippen LogP contribution in [-0.2, 0) is 4.74 Å². The van der Waals surface area contributed by atoms with Gasteiger partial charge in [-0.2, -0.15) is 0 Å². The Bertz CT molecular complexity index is 278. The van der Waals surface area contributed by atoms with Crippen molar-refractivity contribution in [3.8, 4) is 0 Å². The summed E-state index contributed by atoms with van der Waals surface area (Å²) in [6, 6.07) is 0.549. The summed E-state index contributed by atoms with van der Waals surface area (Å²) < 4.78 is 5.39. The van der Waals surface area contributed by atoms with Crippen LogP contribution >= 0.6 is 0 Å². The van der Waals surface area contributed by atoms with E-state index in [4.69, 9.17) is 4.74 Å². The monoisotopic (exact) mass is 270 g/mol. The summed E-state index contributed by atoms with van der Waals surface area (Å²) in [5, 5.41) is 3.60. The first-order chi connectivity index (χ1) is 8.81. The Labute approximate surface area is 117 Å². The van der Waals surface area contributed by atoms with Crippen molar-refractivity contribution in [2.24, 2.45) is 5.92 Å². The summed E-state index contributed by atoms with van der Waals surface area (Å²) in [7, 11) is 0. The number of piperidine rings is 1. The Morgan fingerprint density at radius 2 is 1.95 bits per heavy atom. The molecule has 0 radical (unpaired) electrons. The molecule has 0 aromatic carbocycles. The van der Waals surface area contributed by atoms with E-state index in [1.54, 1.807) is 0 Å². The molecule has 0 bridgehead atoms. The van der Waals surface area contributed by atoms with Crippen molar-refractivity contribution in [1.82, 2.24) is 10.2 Å². The van der Waals surface area contributed by atoms with Gasteiger partial charge < -0.3 is 15.0 Å². The number of carbonyl (C=O) groups excluding carboxylic acids is 1. The molecule has 1 rings (SSSR count). The number of likely N-dealkylation sites (tertiary alicyclic amines) is 1. The smallest absolute Gasteiger partial charge is 0.410 e. The number of hydrogen-bond donors (Lipinski definition) is 1. The molecule has 0 aromatic rings. The summed E-state index contributed by atoms with van der Waals surface area (Å²) in [6.45, 7) is 12.9. The summed E-state index contributed by atoms with van der Waals surface area (Å²) in [4.78, 5) is 13.7. The van der Waals surface area contributed by atoms with Crippen LogP contribution in [0.15, 0.2) is 0 Å². The van der Waals surface area contributed by atoms with Gasteiger partial charge in [0, 0.05) is 19.1 Å². The molecule has 1 heterocycles. The summed E-state index contributed by atoms with van der Waals surface area (Å²) in [6.07, 6.45) is 3.09. The highest BCUT2D eigenvalue weighted by molar-refractivity contribution is 5.68. The van der Waals surface area contributed by atoms with E-state index in [-0.39, 0.29) is 6.09 Å². The van der Waals surface area contributed by atoms with Gasteiger partial charge in [-0.15, -0.1) is 0 Å². The Kier molecular flexibility index (Phi) is 6.11. The predicted octanol–water partition coefficient (Wildman–Crippen LogP) is 3.02. The lowest BCUT2D eigenvalue weighted by Crippen LogP contribution is -2.47. The van der Waals surface area contributed by atoms with Gasteiger partial charge in [0.2, 0.25) is 0 Å². The van der Waals surface area contributed by atoms with Crippen LogP contribution in [0.4, 0.5) is 4.79 Å². The topological polar surface area (TPSA) is 41.6 Å². The first-order valence-electron chi connectivity index (χ1n) is 7.53. The lowest BCUT2D eigenvalue weighted by Gasteiger charge is -2.34. The molecule has 1 aliphatic rings. The van der Waals surface area contributed by atoms with Crippen LogP contribution in [0, 0.1) is 5.92 Å². The average Bonchev–Trinajstić information content (AvgIpc) is 2.34. The van der Waals surface area contributed by atoms with E-state index < -0.39 is 5.60 Å². The average molecular weight is 270 g/mol. The van der Waals surface area contributed by atoms with E-state index in [9.17, 15) is 4.79 Å². The second kappa shape index (κ2) is 7.13. The minimum Gasteiger partial charge on any atom is -0.444 e. The van der Waals surface area contributed by atoms with Crippen LogP contribution in [0.3, 0.4) is 0 Å². The van der Waals surface area contributed by atoms with E-state index in [1.165, 1.54) is 6.42 Å². The number of amides is 1. The van der Waals surface area contributed by atoms with Crippen molar-refractivity contribution in [2.75, 3.05) is 19.6 Å². The molecule has 112 valence electrons. The summed E-state index contributed by atoms with van der Waals surface area (Å²) in [5.41, 5.74) is -0.400. The molecule has 0 saturated carbocycles. The molecule has 1 amide bonds. The molecule has 4 heteroatoms. The zero-order valence-corrected chi connectivity index (χ0v) is 13.2. The van der Waals surface area contributed by atoms with Crippen LogP contribution in [0.2, 0.25) is 0 Å². The summed E-state index contributed by atoms with van der Waals surface area (Å²) in [5.74, 6) is 0.726. The Balaban J connectivity index is 2.27. The molecule has 19 heavy (non-hydrogen) atoms. The highest BCUT2D eigenvalue weighted by Crippen LogP contribution is 2.15. The van der Waals surface area contributed by atoms with E-state index in [0.29, 0.717) is 6.04 Å². The van der Waals surface area contributed by atoms with Crippen molar-refractivity contribution in [2.45, 2.75) is 65.5 Å². The molecule has 1 fully saturated rings. The van der Waals surface area contributed by atoms with Crippen LogP contribution in [0.1, 0.15) is 53.9 Å². The van der Waals surface area contributed by atoms with E-state index in [1.807, 2.05) is 25.7 Å². The maximum Gasteiger partial charge on any atom is 0.410 e. The quantitative estimate of drug-likeness (QED) is 0.854. The first-order valence-corrected chi connectivity index (χ1v) is 7.53. The largest absolute Gasteiger partial charge is 0.444 e. The normalized spacial score (nSPS) is 19.3. The van der Waals surface area contributed by atoms with Gasteiger partial charge in [0.1, 0.15) is 5.60 Å². The second-order valence-corrected chi connectivity index (χ2v) is 6.66. The van der Waals surface area contributed by atoms with Gasteiger partial charge in [-0.1, -0.05) is 20.3 Å². The predicted molar refractivity (Wildman–Crippen MR) is 78.3 cm³/mol. The van der Waals surface area contributed by atoms with Crippen molar-refractivity contribution in [1.29, 1.82) is 0 Å². The van der Waals surface area contributed by atoms with Crippen molar-refractivity contribution in [3.63, 3.8) is 0 Å². The lowest BCUT2D eigenvalue weighted by atomic mass is 10.0. The number of nitrogens with zero attached hydrogens (tertiary/aromatic N) is 1. The Morgan fingerprint density at radius 1 is 1.37 bits per heavy atom. The van der Waals surface area contributed by atoms with Gasteiger partial charge in [-0.05, 0) is 46.1 Å². The van der Waals surface area contributed by atoms with Gasteiger partial charge in [-0.25, -0.2) is 4.79 Å². The minimum atomic E-state index is -0.400. The van der Waals surface area contributed by atoms with Crippen molar-refractivity contribution >= 4 is 6.09 Å². The standard InChI is InChI=1S/C15H30N2O2/c1-6-12(2)11-16-13-7-9-17(10-8-13)14(18)19-15(3,4)5/h12-13,16H,6-11H2,1-5H3. The molecule has 4 nitrogen and oxygen atoms in total. The third-order valence-corrected chi connectivity index (χ3v) is 3.60. The molecule has 1 unspecified atom stereocenters. The number of rotatable bonds is 4. The van der Waals surface area contributed by atoms with Crippen LogP contribution in [0.25, 0.3) is 0 Å². The zero-order chi connectivity index (χ0) is 14.5. The lowest BCUT2D eigenvalue weighted by molar-refractivity contribution is 0.0197. The van der Waals surface area contributed by atoms with Crippen LogP contribution < -0.4 is 5.32 Å². The molecule has 1 saturated heterocycles. The molecule has 0 spiro atoms. The third kappa shape index (κ3) is 6.28. The molecular formula is C15H30N2O2. The van der Waals surface area contributed by atoms with Gasteiger partial charge in [-0.3, -0.25) is 0 Å². The van der Waals surface area contributed by atoms with E-state index in [2.05, 4.69) is 19.2 Å². The summed E-state index contributed by atoms with van der Waals surface area (Å²) >= 11 is 0. The molecular weight excluding hydrogens is 240 g/mol. The fourth-order valence-corrected chi connectivity index (χ4v) is 2.10. The van der Waals surface area contributed by atoms with Gasteiger partial charge in [0.25, 0.3) is 0 Å². The highest BCUT2D eigenvalue weighted by Gasteiger charge is 2.26. The molecule has 1 aliphatic heterocycles. The fourth-order valence-electron chi connectivity index (χ4n) is 2.10. The van der Waals surface area contributed by atoms with Crippen LogP contribution in [-0.4, -0.2) is 42.3 Å². The molecule has 0 aromatic heterocycles. The Morgan fingerprint density at radius 3 is 2.42 bits per heavy atom. The molecule has 0 aliphatic carbocycles. The van der Waals surface area contributed by atoms with E-state index >= 15 is 0 Å². The number of ether oxygens (including phenoxy) is 1. The number of nitrogens with one attached hydrogen (secondary N) is 1. The SMILES string of the molecule is CCC(C)CNC1CCN(C(=O)OC(C)(C)C)CC1. The van der Waals surface area contributed by atoms with E-state index in [0.717, 1.165) is 38.4 Å².